The van der Waals surface area contributed by atoms with Crippen LogP contribution in [0.5, 0.6) is 0 Å². The molecule has 1 fully saturated rings. The number of hydrogen-bond donors (Lipinski definition) is 1. The summed E-state index contributed by atoms with van der Waals surface area (Å²) < 4.78 is 14.8. The number of rotatable bonds is 4. The summed E-state index contributed by atoms with van der Waals surface area (Å²) in [7, 11) is 0. The Bertz CT molecular complexity index is 1130. The third-order valence-electron chi connectivity index (χ3n) is 4.69. The van der Waals surface area contributed by atoms with E-state index in [4.69, 9.17) is 0 Å². The van der Waals surface area contributed by atoms with Crippen molar-refractivity contribution in [2.75, 3.05) is 0 Å². The Morgan fingerprint density at radius 3 is 2.70 bits per heavy atom. The second-order valence-corrected chi connectivity index (χ2v) is 7.27. The molecule has 5 rings (SSSR count). The monoisotopic (exact) mass is 380 g/mol. The van der Waals surface area contributed by atoms with Gasteiger partial charge in [0.1, 0.15) is 16.3 Å². The number of carbonyl (C=O) groups is 1. The van der Waals surface area contributed by atoms with E-state index >= 15 is 0 Å². The number of aromatic nitrogens is 5. The van der Waals surface area contributed by atoms with Gasteiger partial charge in [0.05, 0.1) is 34.7 Å². The summed E-state index contributed by atoms with van der Waals surface area (Å²) in [6, 6.07) is 5.99. The van der Waals surface area contributed by atoms with Crippen LogP contribution in [0.15, 0.2) is 48.4 Å². The standard InChI is InChI=1S/C18H13FN6OS/c19-11-1-3-12(4-2-11)25-15-9-20-7-14(13(15)8-22-25)16(26)23-18(5-6-18)17-24-21-10-27-17/h1-4,7-10H,5-6H2,(H,23,26). The summed E-state index contributed by atoms with van der Waals surface area (Å²) in [5.74, 6) is -0.542. The Balaban J connectivity index is 1.51. The Kier molecular flexibility index (Phi) is 3.51. The molecule has 0 bridgehead atoms. The number of carbonyl (C=O) groups excluding carboxylic acids is 1. The maximum Gasteiger partial charge on any atom is 0.254 e. The third kappa shape index (κ3) is 2.67. The summed E-state index contributed by atoms with van der Waals surface area (Å²) in [6.07, 6.45) is 6.47. The van der Waals surface area contributed by atoms with Crippen LogP contribution in [-0.2, 0) is 5.54 Å². The molecule has 0 aliphatic heterocycles. The van der Waals surface area contributed by atoms with Gasteiger partial charge in [0.15, 0.2) is 0 Å². The highest BCUT2D eigenvalue weighted by Gasteiger charge is 2.48. The molecule has 0 saturated heterocycles. The van der Waals surface area contributed by atoms with E-state index in [0.717, 1.165) is 17.8 Å². The Morgan fingerprint density at radius 2 is 2.00 bits per heavy atom. The minimum atomic E-state index is -0.423. The molecule has 3 heterocycles. The fourth-order valence-electron chi connectivity index (χ4n) is 3.09. The van der Waals surface area contributed by atoms with Crippen LogP contribution in [0, 0.1) is 5.82 Å². The number of halogens is 1. The SMILES string of the molecule is O=C(NC1(c2nncs2)CC1)c1cncc2c1cnn2-c1ccc(F)cc1. The number of amides is 1. The van der Waals surface area contributed by atoms with Gasteiger partial charge in [0.2, 0.25) is 0 Å². The molecule has 9 heteroatoms. The van der Waals surface area contributed by atoms with Gasteiger partial charge in [-0.15, -0.1) is 21.5 Å². The quantitative estimate of drug-likeness (QED) is 0.588. The van der Waals surface area contributed by atoms with E-state index in [-0.39, 0.29) is 11.7 Å². The molecule has 1 N–H and O–H groups in total. The molecule has 1 saturated carbocycles. The van der Waals surface area contributed by atoms with Crippen molar-refractivity contribution in [2.24, 2.45) is 0 Å². The first kappa shape index (κ1) is 16.0. The number of fused-ring (bicyclic) bond motifs is 1. The van der Waals surface area contributed by atoms with Crippen LogP contribution < -0.4 is 5.32 Å². The van der Waals surface area contributed by atoms with Crippen LogP contribution in [0.4, 0.5) is 4.39 Å². The second-order valence-electron chi connectivity index (χ2n) is 6.43. The van der Waals surface area contributed by atoms with Crippen molar-refractivity contribution in [3.8, 4) is 5.69 Å². The molecule has 1 aromatic carbocycles. The van der Waals surface area contributed by atoms with Gasteiger partial charge in [-0.1, -0.05) is 0 Å². The van der Waals surface area contributed by atoms with Gasteiger partial charge in [-0.3, -0.25) is 9.78 Å². The highest BCUT2D eigenvalue weighted by Crippen LogP contribution is 2.46. The smallest absolute Gasteiger partial charge is 0.254 e. The van der Waals surface area contributed by atoms with Gasteiger partial charge < -0.3 is 5.32 Å². The van der Waals surface area contributed by atoms with Gasteiger partial charge >= 0.3 is 0 Å². The summed E-state index contributed by atoms with van der Waals surface area (Å²) >= 11 is 1.44. The molecule has 27 heavy (non-hydrogen) atoms. The number of hydrogen-bond acceptors (Lipinski definition) is 6. The minimum Gasteiger partial charge on any atom is -0.340 e. The maximum atomic E-state index is 13.2. The molecular weight excluding hydrogens is 367 g/mol. The largest absolute Gasteiger partial charge is 0.340 e. The second kappa shape index (κ2) is 5.92. The van der Waals surface area contributed by atoms with Gasteiger partial charge in [0, 0.05) is 11.6 Å². The number of nitrogens with zero attached hydrogens (tertiary/aromatic N) is 5. The Hall–Kier alpha value is -3.20. The molecule has 1 aliphatic carbocycles. The molecular formula is C18H13FN6OS. The average molecular weight is 380 g/mol. The van der Waals surface area contributed by atoms with Crippen molar-refractivity contribution in [3.05, 3.63) is 64.8 Å². The summed E-state index contributed by atoms with van der Waals surface area (Å²) in [6.45, 7) is 0. The molecule has 4 aromatic rings. The van der Waals surface area contributed by atoms with Crippen molar-refractivity contribution in [3.63, 3.8) is 0 Å². The lowest BCUT2D eigenvalue weighted by Gasteiger charge is -2.14. The molecule has 0 atom stereocenters. The van der Waals surface area contributed by atoms with Gasteiger partial charge in [-0.25, -0.2) is 9.07 Å². The van der Waals surface area contributed by atoms with Crippen LogP contribution in [0.1, 0.15) is 28.2 Å². The topological polar surface area (TPSA) is 85.6 Å². The van der Waals surface area contributed by atoms with Crippen molar-refractivity contribution in [2.45, 2.75) is 18.4 Å². The average Bonchev–Trinajstić information content (AvgIpc) is 3.11. The van der Waals surface area contributed by atoms with Crippen molar-refractivity contribution in [1.82, 2.24) is 30.3 Å². The predicted molar refractivity (Wildman–Crippen MR) is 97.1 cm³/mol. The normalized spacial score (nSPS) is 15.0. The van der Waals surface area contributed by atoms with E-state index < -0.39 is 5.54 Å². The first-order chi connectivity index (χ1) is 13.2. The fraction of sp³-hybridized carbons (Fsp3) is 0.167. The zero-order valence-corrected chi connectivity index (χ0v) is 14.8. The van der Waals surface area contributed by atoms with Gasteiger partial charge in [0.25, 0.3) is 5.91 Å². The van der Waals surface area contributed by atoms with Crippen LogP contribution >= 0.6 is 11.3 Å². The molecule has 0 unspecified atom stereocenters. The Labute approximate surface area is 156 Å². The van der Waals surface area contributed by atoms with E-state index in [1.54, 1.807) is 34.7 Å². The van der Waals surface area contributed by atoms with Crippen LogP contribution in [0.3, 0.4) is 0 Å². The number of nitrogens with one attached hydrogen (secondary N) is 1. The highest BCUT2D eigenvalue weighted by atomic mass is 32.1. The van der Waals surface area contributed by atoms with Gasteiger partial charge in [-0.2, -0.15) is 5.10 Å². The molecule has 134 valence electrons. The number of benzene rings is 1. The van der Waals surface area contributed by atoms with Crippen molar-refractivity contribution < 1.29 is 9.18 Å². The minimum absolute atomic E-state index is 0.223. The van der Waals surface area contributed by atoms with Crippen molar-refractivity contribution in [1.29, 1.82) is 0 Å². The summed E-state index contributed by atoms with van der Waals surface area (Å²) in [5.41, 5.74) is 3.05. The lowest BCUT2D eigenvalue weighted by Crippen LogP contribution is -2.35. The van der Waals surface area contributed by atoms with E-state index in [1.165, 1.54) is 29.7 Å². The van der Waals surface area contributed by atoms with Crippen LogP contribution in [0.25, 0.3) is 16.6 Å². The fourth-order valence-corrected chi connectivity index (χ4v) is 3.86. The molecule has 0 radical (unpaired) electrons. The lowest BCUT2D eigenvalue weighted by atomic mass is 10.1. The zero-order valence-electron chi connectivity index (χ0n) is 14.0. The first-order valence-corrected chi connectivity index (χ1v) is 9.21. The van der Waals surface area contributed by atoms with Gasteiger partial charge in [-0.05, 0) is 37.1 Å². The molecule has 3 aromatic heterocycles. The first-order valence-electron chi connectivity index (χ1n) is 8.33. The van der Waals surface area contributed by atoms with E-state index in [9.17, 15) is 9.18 Å². The maximum absolute atomic E-state index is 13.2. The molecule has 0 spiro atoms. The summed E-state index contributed by atoms with van der Waals surface area (Å²) in [4.78, 5) is 17.1. The van der Waals surface area contributed by atoms with E-state index in [1.807, 2.05) is 0 Å². The van der Waals surface area contributed by atoms with Crippen LogP contribution in [-0.4, -0.2) is 30.9 Å². The molecule has 1 aliphatic rings. The third-order valence-corrected chi connectivity index (χ3v) is 5.58. The summed E-state index contributed by atoms with van der Waals surface area (Å²) in [5, 5.41) is 16.9. The van der Waals surface area contributed by atoms with Crippen molar-refractivity contribution >= 4 is 28.1 Å². The zero-order chi connectivity index (χ0) is 18.4. The van der Waals surface area contributed by atoms with E-state index in [0.29, 0.717) is 22.2 Å². The molecule has 1 amide bonds. The lowest BCUT2D eigenvalue weighted by molar-refractivity contribution is 0.0932. The Morgan fingerprint density at radius 1 is 1.19 bits per heavy atom. The number of pyridine rings is 1. The van der Waals surface area contributed by atoms with E-state index in [2.05, 4.69) is 25.6 Å². The van der Waals surface area contributed by atoms with Crippen LogP contribution in [0.2, 0.25) is 0 Å². The molecule has 7 nitrogen and oxygen atoms in total. The predicted octanol–water partition coefficient (Wildman–Crippen LogP) is 2.83. The highest BCUT2D eigenvalue weighted by molar-refractivity contribution is 7.09.